The van der Waals surface area contributed by atoms with Crippen molar-refractivity contribution >= 4 is 22.9 Å². The Balaban J connectivity index is 1.97. The highest BCUT2D eigenvalue weighted by Crippen LogP contribution is 2.44. The third-order valence-corrected chi connectivity index (χ3v) is 3.45. The summed E-state index contributed by atoms with van der Waals surface area (Å²) in [5, 5.41) is 9.49. The van der Waals surface area contributed by atoms with Crippen LogP contribution in [0.1, 0.15) is 12.8 Å². The highest BCUT2D eigenvalue weighted by molar-refractivity contribution is 14.1. The zero-order valence-electron chi connectivity index (χ0n) is 5.83. The topological polar surface area (TPSA) is 23.5 Å². The molecule has 0 radical (unpaired) electrons. The Morgan fingerprint density at radius 3 is 3.10 bits per heavy atom. The summed E-state index contributed by atoms with van der Waals surface area (Å²) in [7, 11) is 0. The SMILES string of the molecule is OC1CCN(I)CC2CC12. The lowest BCUT2D eigenvalue weighted by atomic mass is 10.1. The number of nitrogens with zero attached hydrogens (tertiary/aromatic N) is 1. The van der Waals surface area contributed by atoms with Gasteiger partial charge in [0.25, 0.3) is 0 Å². The van der Waals surface area contributed by atoms with Gasteiger partial charge in [0, 0.05) is 36.0 Å². The number of aliphatic hydroxyl groups is 1. The van der Waals surface area contributed by atoms with E-state index in [-0.39, 0.29) is 6.10 Å². The van der Waals surface area contributed by atoms with Gasteiger partial charge in [0.15, 0.2) is 0 Å². The molecule has 1 heterocycles. The van der Waals surface area contributed by atoms with Crippen molar-refractivity contribution in [2.24, 2.45) is 11.8 Å². The molecule has 0 spiro atoms. The first-order chi connectivity index (χ1) is 4.77. The van der Waals surface area contributed by atoms with Gasteiger partial charge in [-0.05, 0) is 24.7 Å². The summed E-state index contributed by atoms with van der Waals surface area (Å²) in [6.45, 7) is 2.26. The van der Waals surface area contributed by atoms with Crippen LogP contribution in [0.2, 0.25) is 0 Å². The maximum atomic E-state index is 9.49. The summed E-state index contributed by atoms with van der Waals surface area (Å²) in [6, 6.07) is 0. The molecule has 2 fully saturated rings. The first kappa shape index (κ1) is 7.31. The molecule has 2 nitrogen and oxygen atoms in total. The minimum atomic E-state index is 0.00441. The Labute approximate surface area is 75.1 Å². The summed E-state index contributed by atoms with van der Waals surface area (Å²) in [5.74, 6) is 1.47. The predicted molar refractivity (Wildman–Crippen MR) is 47.8 cm³/mol. The van der Waals surface area contributed by atoms with Crippen LogP contribution in [0.15, 0.2) is 0 Å². The average molecular weight is 253 g/mol. The maximum Gasteiger partial charge on any atom is 0.0584 e. The molecule has 0 aromatic heterocycles. The van der Waals surface area contributed by atoms with Crippen LogP contribution >= 0.6 is 22.9 Å². The van der Waals surface area contributed by atoms with Crippen LogP contribution in [0.5, 0.6) is 0 Å². The third kappa shape index (κ3) is 1.31. The number of halogens is 1. The lowest BCUT2D eigenvalue weighted by Gasteiger charge is -2.11. The Bertz CT molecular complexity index is 142. The van der Waals surface area contributed by atoms with E-state index in [1.165, 1.54) is 13.0 Å². The molecule has 1 saturated carbocycles. The van der Waals surface area contributed by atoms with E-state index in [0.29, 0.717) is 5.92 Å². The molecule has 1 aliphatic carbocycles. The molecule has 3 atom stereocenters. The fourth-order valence-corrected chi connectivity index (χ4v) is 2.57. The zero-order valence-corrected chi connectivity index (χ0v) is 7.99. The summed E-state index contributed by atoms with van der Waals surface area (Å²) in [6.07, 6.45) is 2.25. The highest BCUT2D eigenvalue weighted by atomic mass is 127. The van der Waals surface area contributed by atoms with Gasteiger partial charge in [0.05, 0.1) is 6.10 Å². The van der Waals surface area contributed by atoms with Crippen molar-refractivity contribution in [3.8, 4) is 0 Å². The molecule has 3 unspecified atom stereocenters. The van der Waals surface area contributed by atoms with E-state index in [1.807, 2.05) is 0 Å². The van der Waals surface area contributed by atoms with Gasteiger partial charge in [-0.25, -0.2) is 3.11 Å². The lowest BCUT2D eigenvalue weighted by Crippen LogP contribution is -2.16. The van der Waals surface area contributed by atoms with Crippen molar-refractivity contribution < 1.29 is 5.11 Å². The van der Waals surface area contributed by atoms with E-state index in [0.717, 1.165) is 18.9 Å². The van der Waals surface area contributed by atoms with Gasteiger partial charge in [-0.3, -0.25) is 0 Å². The van der Waals surface area contributed by atoms with Crippen molar-refractivity contribution in [2.45, 2.75) is 18.9 Å². The molecular formula is C7H12INO. The van der Waals surface area contributed by atoms with Crippen molar-refractivity contribution in [1.82, 2.24) is 3.11 Å². The van der Waals surface area contributed by atoms with Crippen LogP contribution in [-0.2, 0) is 0 Å². The summed E-state index contributed by atoms with van der Waals surface area (Å²) >= 11 is 2.36. The minimum Gasteiger partial charge on any atom is -0.393 e. The number of rotatable bonds is 0. The van der Waals surface area contributed by atoms with Crippen LogP contribution in [-0.4, -0.2) is 27.4 Å². The van der Waals surface area contributed by atoms with Crippen molar-refractivity contribution in [1.29, 1.82) is 0 Å². The molecule has 2 rings (SSSR count). The van der Waals surface area contributed by atoms with Gasteiger partial charge in [0.2, 0.25) is 0 Å². The first-order valence-electron chi connectivity index (χ1n) is 3.86. The van der Waals surface area contributed by atoms with E-state index in [9.17, 15) is 5.11 Å². The molecule has 0 aromatic rings. The van der Waals surface area contributed by atoms with E-state index in [4.69, 9.17) is 0 Å². The summed E-state index contributed by atoms with van der Waals surface area (Å²) < 4.78 is 2.30. The van der Waals surface area contributed by atoms with Crippen LogP contribution < -0.4 is 0 Å². The Morgan fingerprint density at radius 1 is 1.50 bits per heavy atom. The van der Waals surface area contributed by atoms with Crippen molar-refractivity contribution in [3.63, 3.8) is 0 Å². The van der Waals surface area contributed by atoms with Gasteiger partial charge in [0.1, 0.15) is 0 Å². The molecule has 3 heteroatoms. The molecule has 2 aliphatic rings. The molecule has 0 bridgehead atoms. The van der Waals surface area contributed by atoms with Crippen LogP contribution in [0.25, 0.3) is 0 Å². The van der Waals surface area contributed by atoms with E-state index in [1.54, 1.807) is 0 Å². The second-order valence-corrected chi connectivity index (χ2v) is 4.75. The van der Waals surface area contributed by atoms with Crippen LogP contribution in [0.3, 0.4) is 0 Å². The van der Waals surface area contributed by atoms with Crippen LogP contribution in [0.4, 0.5) is 0 Å². The normalized spacial score (nSPS) is 48.0. The second kappa shape index (κ2) is 2.60. The molecular weight excluding hydrogens is 241 g/mol. The number of hydrogen-bond acceptors (Lipinski definition) is 2. The molecule has 10 heavy (non-hydrogen) atoms. The van der Waals surface area contributed by atoms with Crippen molar-refractivity contribution in [3.05, 3.63) is 0 Å². The molecule has 58 valence electrons. The zero-order chi connectivity index (χ0) is 7.14. The van der Waals surface area contributed by atoms with E-state index in [2.05, 4.69) is 26.0 Å². The average Bonchev–Trinajstić information content (AvgIpc) is 2.60. The van der Waals surface area contributed by atoms with Gasteiger partial charge < -0.3 is 5.11 Å². The van der Waals surface area contributed by atoms with Gasteiger partial charge in [-0.1, -0.05) is 0 Å². The fraction of sp³-hybridized carbons (Fsp3) is 1.00. The number of hydrogen-bond donors (Lipinski definition) is 1. The van der Waals surface area contributed by atoms with E-state index >= 15 is 0 Å². The fourth-order valence-electron chi connectivity index (χ4n) is 1.78. The lowest BCUT2D eigenvalue weighted by molar-refractivity contribution is 0.141. The molecule has 0 aromatic carbocycles. The number of fused-ring (bicyclic) bond motifs is 1. The largest absolute Gasteiger partial charge is 0.393 e. The Kier molecular flexibility index (Phi) is 1.90. The minimum absolute atomic E-state index is 0.00441. The summed E-state index contributed by atoms with van der Waals surface area (Å²) in [5.41, 5.74) is 0. The van der Waals surface area contributed by atoms with Gasteiger partial charge in [-0.15, -0.1) is 0 Å². The highest BCUT2D eigenvalue weighted by Gasteiger charge is 2.44. The van der Waals surface area contributed by atoms with Gasteiger partial charge in [-0.2, -0.15) is 0 Å². The first-order valence-corrected chi connectivity index (χ1v) is 4.82. The number of aliphatic hydroxyl groups excluding tert-OH is 1. The third-order valence-electron chi connectivity index (χ3n) is 2.57. The standard InChI is InChI=1S/C7H12INO/c8-9-2-1-7(10)6-3-5(6)4-9/h5-7,10H,1-4H2. The van der Waals surface area contributed by atoms with Crippen molar-refractivity contribution in [2.75, 3.05) is 13.1 Å². The predicted octanol–water partition coefficient (Wildman–Crippen LogP) is 1.04. The van der Waals surface area contributed by atoms with Crippen LogP contribution in [0, 0.1) is 11.8 Å². The maximum absolute atomic E-state index is 9.49. The molecule has 0 amide bonds. The molecule has 1 saturated heterocycles. The molecule has 1 aliphatic heterocycles. The second-order valence-electron chi connectivity index (χ2n) is 3.38. The Morgan fingerprint density at radius 2 is 2.30 bits per heavy atom. The monoisotopic (exact) mass is 253 g/mol. The Hall–Kier alpha value is 0.650. The quantitative estimate of drug-likeness (QED) is 0.515. The molecule has 1 N–H and O–H groups in total. The summed E-state index contributed by atoms with van der Waals surface area (Å²) in [4.78, 5) is 0. The van der Waals surface area contributed by atoms with E-state index < -0.39 is 0 Å². The van der Waals surface area contributed by atoms with Gasteiger partial charge >= 0.3 is 0 Å². The smallest absolute Gasteiger partial charge is 0.0584 e.